The van der Waals surface area contributed by atoms with E-state index < -0.39 is 66.1 Å². The number of carbonyl (C=O) groups excluding carboxylic acids is 4. The Hall–Kier alpha value is -3.42. The van der Waals surface area contributed by atoms with Crippen molar-refractivity contribution in [1.29, 1.82) is 0 Å². The van der Waals surface area contributed by atoms with Gasteiger partial charge in [-0.3, -0.25) is 24.2 Å². The number of aliphatic imine (C=N–C) groups is 1. The van der Waals surface area contributed by atoms with Crippen molar-refractivity contribution in [2.24, 2.45) is 39.8 Å². The second-order valence-corrected chi connectivity index (χ2v) is 9.05. The summed E-state index contributed by atoms with van der Waals surface area (Å²) in [6, 6.07) is -4.70. The lowest BCUT2D eigenvalue weighted by Gasteiger charge is -2.26. The summed E-state index contributed by atoms with van der Waals surface area (Å²) in [5, 5.41) is 16.6. The summed E-state index contributed by atoms with van der Waals surface area (Å²) in [5.74, 6) is -4.84. The number of hydrogen-bond acceptors (Lipinski definition) is 7. The van der Waals surface area contributed by atoms with Crippen LogP contribution < -0.4 is 38.9 Å². The summed E-state index contributed by atoms with van der Waals surface area (Å²) in [4.78, 5) is 65.0. The maximum atomic E-state index is 12.9. The Kier molecular flexibility index (Phi) is 14.0. The van der Waals surface area contributed by atoms with Gasteiger partial charge < -0.3 is 44.0 Å². The molecule has 14 nitrogen and oxygen atoms in total. The number of carboxylic acid groups (broad SMARTS) is 1. The molecule has 0 aliphatic rings. The molecule has 0 aromatic rings. The fraction of sp³-hybridized carbons (Fsp3) is 0.714. The zero-order valence-electron chi connectivity index (χ0n) is 20.7. The molecule has 0 spiro atoms. The first-order valence-corrected chi connectivity index (χ1v) is 11.4. The summed E-state index contributed by atoms with van der Waals surface area (Å²) in [7, 11) is 0. The van der Waals surface area contributed by atoms with Crippen LogP contribution in [0.15, 0.2) is 4.99 Å². The molecule has 0 aliphatic heterocycles. The number of nitrogens with two attached hydrogens (primary N) is 4. The predicted molar refractivity (Wildman–Crippen MR) is 129 cm³/mol. The molecule has 0 rings (SSSR count). The fourth-order valence-electron chi connectivity index (χ4n) is 3.12. The second-order valence-electron chi connectivity index (χ2n) is 9.05. The average Bonchev–Trinajstić information content (AvgIpc) is 2.71. The summed E-state index contributed by atoms with van der Waals surface area (Å²) in [6.07, 6.45) is 0.126. The largest absolute Gasteiger partial charge is 0.480 e. The summed E-state index contributed by atoms with van der Waals surface area (Å²) in [5.41, 5.74) is 21.7. The second kappa shape index (κ2) is 15.5. The zero-order chi connectivity index (χ0) is 27.3. The van der Waals surface area contributed by atoms with Gasteiger partial charge in [0.05, 0.1) is 12.5 Å². The van der Waals surface area contributed by atoms with Crippen LogP contribution in [0.3, 0.4) is 0 Å². The van der Waals surface area contributed by atoms with Crippen LogP contribution in [0.1, 0.15) is 53.4 Å². The molecule has 35 heavy (non-hydrogen) atoms. The van der Waals surface area contributed by atoms with Crippen molar-refractivity contribution in [3.05, 3.63) is 0 Å². The van der Waals surface area contributed by atoms with E-state index in [4.69, 9.17) is 22.9 Å². The van der Waals surface area contributed by atoms with Gasteiger partial charge in [0.15, 0.2) is 5.96 Å². The molecular weight excluding hydrogens is 460 g/mol. The summed E-state index contributed by atoms with van der Waals surface area (Å²) >= 11 is 0. The Labute approximate surface area is 205 Å². The average molecular weight is 501 g/mol. The Morgan fingerprint density at radius 3 is 1.86 bits per heavy atom. The normalized spacial score (nSPS) is 14.4. The first-order chi connectivity index (χ1) is 16.1. The number of hydrogen-bond donors (Lipinski definition) is 8. The van der Waals surface area contributed by atoms with Gasteiger partial charge in [0, 0.05) is 6.54 Å². The quantitative estimate of drug-likeness (QED) is 0.0631. The van der Waals surface area contributed by atoms with Crippen LogP contribution in [0.2, 0.25) is 0 Å². The molecule has 4 atom stereocenters. The maximum absolute atomic E-state index is 12.9. The molecule has 0 saturated carbocycles. The number of carbonyl (C=O) groups is 5. The van der Waals surface area contributed by atoms with E-state index in [0.717, 1.165) is 0 Å². The minimum absolute atomic E-state index is 0.0445. The van der Waals surface area contributed by atoms with Gasteiger partial charge in [0.25, 0.3) is 0 Å². The summed E-state index contributed by atoms with van der Waals surface area (Å²) in [6.45, 7) is 7.12. The number of aliphatic carboxylic acids is 1. The molecule has 0 radical (unpaired) electrons. The van der Waals surface area contributed by atoms with Crippen molar-refractivity contribution in [1.82, 2.24) is 16.0 Å². The minimum atomic E-state index is -1.38. The Balaban J connectivity index is 5.63. The third kappa shape index (κ3) is 13.2. The smallest absolute Gasteiger partial charge is 0.326 e. The highest BCUT2D eigenvalue weighted by Gasteiger charge is 2.31. The molecule has 0 bridgehead atoms. The van der Waals surface area contributed by atoms with E-state index in [2.05, 4.69) is 20.9 Å². The number of carboxylic acids is 1. The Morgan fingerprint density at radius 2 is 1.40 bits per heavy atom. The lowest BCUT2D eigenvalue weighted by Crippen LogP contribution is -2.58. The number of nitrogens with zero attached hydrogens (tertiary/aromatic N) is 1. The van der Waals surface area contributed by atoms with Crippen LogP contribution in [-0.2, 0) is 24.0 Å². The topological polar surface area (TPSA) is 258 Å². The predicted octanol–water partition coefficient (Wildman–Crippen LogP) is -2.52. The van der Waals surface area contributed by atoms with Crippen molar-refractivity contribution in [3.63, 3.8) is 0 Å². The van der Waals surface area contributed by atoms with Gasteiger partial charge in [0.1, 0.15) is 18.1 Å². The minimum Gasteiger partial charge on any atom is -0.480 e. The van der Waals surface area contributed by atoms with Crippen LogP contribution in [0.4, 0.5) is 0 Å². The molecule has 0 aromatic carbocycles. The van der Waals surface area contributed by atoms with Crippen LogP contribution in [0.25, 0.3) is 0 Å². The van der Waals surface area contributed by atoms with E-state index in [9.17, 15) is 29.1 Å². The van der Waals surface area contributed by atoms with Crippen molar-refractivity contribution >= 4 is 35.6 Å². The van der Waals surface area contributed by atoms with E-state index in [-0.39, 0.29) is 31.3 Å². The van der Waals surface area contributed by atoms with E-state index in [1.54, 1.807) is 13.8 Å². The SMILES string of the molecule is CC(C)CC(N)C(=O)NC(CC(N)=O)C(=O)NC(CCCN=C(N)N)C(=O)NC(C(=O)O)C(C)C. The number of rotatable bonds is 16. The third-order valence-electron chi connectivity index (χ3n) is 4.91. The molecule has 0 aromatic heterocycles. The molecule has 14 heteroatoms. The molecule has 0 fully saturated rings. The van der Waals surface area contributed by atoms with Crippen molar-refractivity contribution in [2.75, 3.05) is 6.54 Å². The molecule has 4 unspecified atom stereocenters. The van der Waals surface area contributed by atoms with Gasteiger partial charge in [-0.25, -0.2) is 4.79 Å². The molecule has 200 valence electrons. The molecule has 0 aliphatic carbocycles. The van der Waals surface area contributed by atoms with Gasteiger partial charge in [0.2, 0.25) is 23.6 Å². The number of amides is 4. The third-order valence-corrected chi connectivity index (χ3v) is 4.91. The van der Waals surface area contributed by atoms with E-state index >= 15 is 0 Å². The van der Waals surface area contributed by atoms with Gasteiger partial charge in [-0.1, -0.05) is 27.7 Å². The number of nitrogens with one attached hydrogen (secondary N) is 3. The fourth-order valence-corrected chi connectivity index (χ4v) is 3.12. The highest BCUT2D eigenvalue weighted by atomic mass is 16.4. The molecule has 12 N–H and O–H groups in total. The Morgan fingerprint density at radius 1 is 0.857 bits per heavy atom. The first-order valence-electron chi connectivity index (χ1n) is 11.4. The molecule has 4 amide bonds. The first kappa shape index (κ1) is 31.6. The Bertz CT molecular complexity index is 782. The standard InChI is InChI=1S/C21H40N8O6/c1-10(2)8-12(22)17(31)28-14(9-15(23)30)19(33)27-13(6-5-7-26-21(24)25)18(32)29-16(11(3)4)20(34)35/h10-14,16H,5-9,22H2,1-4H3,(H2,23,30)(H,27,33)(H,28,31)(H,29,32)(H,34,35)(H4,24,25,26). The highest BCUT2D eigenvalue weighted by molar-refractivity contribution is 5.96. The van der Waals surface area contributed by atoms with Crippen molar-refractivity contribution in [2.45, 2.75) is 77.5 Å². The van der Waals surface area contributed by atoms with Crippen LogP contribution in [-0.4, -0.2) is 71.4 Å². The monoisotopic (exact) mass is 500 g/mol. The van der Waals surface area contributed by atoms with Crippen LogP contribution in [0.5, 0.6) is 0 Å². The van der Waals surface area contributed by atoms with Gasteiger partial charge in [-0.2, -0.15) is 0 Å². The molecular formula is C21H40N8O6. The maximum Gasteiger partial charge on any atom is 0.326 e. The van der Waals surface area contributed by atoms with Gasteiger partial charge in [-0.05, 0) is 31.1 Å². The highest BCUT2D eigenvalue weighted by Crippen LogP contribution is 2.07. The lowest BCUT2D eigenvalue weighted by molar-refractivity contribution is -0.143. The lowest BCUT2D eigenvalue weighted by atomic mass is 10.0. The van der Waals surface area contributed by atoms with Crippen molar-refractivity contribution < 1.29 is 29.1 Å². The van der Waals surface area contributed by atoms with Gasteiger partial charge >= 0.3 is 5.97 Å². The van der Waals surface area contributed by atoms with E-state index in [0.29, 0.717) is 6.42 Å². The summed E-state index contributed by atoms with van der Waals surface area (Å²) < 4.78 is 0. The van der Waals surface area contributed by atoms with Crippen LogP contribution >= 0.6 is 0 Å². The van der Waals surface area contributed by atoms with Crippen LogP contribution in [0, 0.1) is 11.8 Å². The number of guanidine groups is 1. The van der Waals surface area contributed by atoms with Gasteiger partial charge in [-0.15, -0.1) is 0 Å². The van der Waals surface area contributed by atoms with E-state index in [1.807, 2.05) is 13.8 Å². The van der Waals surface area contributed by atoms with E-state index in [1.165, 1.54) is 0 Å². The molecule has 0 saturated heterocycles. The number of primary amides is 1. The van der Waals surface area contributed by atoms with Crippen molar-refractivity contribution in [3.8, 4) is 0 Å². The molecule has 0 heterocycles. The zero-order valence-corrected chi connectivity index (χ0v) is 20.7.